The van der Waals surface area contributed by atoms with Crippen LogP contribution in [0.3, 0.4) is 0 Å². The fraction of sp³-hybridized carbons (Fsp3) is 0.533. The molecule has 1 amide bonds. The molecule has 2 nitrogen and oxygen atoms in total. The van der Waals surface area contributed by atoms with Crippen LogP contribution in [0.15, 0.2) is 24.3 Å². The lowest BCUT2D eigenvalue weighted by molar-refractivity contribution is -0.126. The minimum atomic E-state index is -0.131. The number of rotatable bonds is 1. The maximum Gasteiger partial charge on any atom is 0.223 e. The van der Waals surface area contributed by atoms with Crippen molar-refractivity contribution in [2.24, 2.45) is 5.92 Å². The van der Waals surface area contributed by atoms with Crippen molar-refractivity contribution in [2.75, 3.05) is 0 Å². The van der Waals surface area contributed by atoms with Gasteiger partial charge >= 0.3 is 0 Å². The van der Waals surface area contributed by atoms with Crippen LogP contribution in [0.4, 0.5) is 0 Å². The molecule has 0 fully saturated rings. The molecule has 92 valence electrons. The van der Waals surface area contributed by atoms with Gasteiger partial charge in [0.15, 0.2) is 0 Å². The summed E-state index contributed by atoms with van der Waals surface area (Å²) in [5.74, 6) is 0.344. The SMILES string of the molecule is CC(C)(C)NC(=O)C1CCc2ccccc2C1. The summed E-state index contributed by atoms with van der Waals surface area (Å²) >= 11 is 0. The number of hydrogen-bond donors (Lipinski definition) is 1. The van der Waals surface area contributed by atoms with E-state index >= 15 is 0 Å². The van der Waals surface area contributed by atoms with Crippen LogP contribution in [0.5, 0.6) is 0 Å². The number of carbonyl (C=O) groups is 1. The summed E-state index contributed by atoms with van der Waals surface area (Å²) in [5.41, 5.74) is 2.62. The predicted molar refractivity (Wildman–Crippen MR) is 69.9 cm³/mol. The lowest BCUT2D eigenvalue weighted by Gasteiger charge is -2.28. The molecule has 0 heterocycles. The smallest absolute Gasteiger partial charge is 0.223 e. The van der Waals surface area contributed by atoms with Crippen LogP contribution in [-0.4, -0.2) is 11.4 Å². The van der Waals surface area contributed by atoms with E-state index in [2.05, 4.69) is 29.6 Å². The first-order valence-electron chi connectivity index (χ1n) is 6.34. The van der Waals surface area contributed by atoms with Crippen LogP contribution < -0.4 is 5.32 Å². The second kappa shape index (κ2) is 4.52. The summed E-state index contributed by atoms with van der Waals surface area (Å²) < 4.78 is 0. The minimum Gasteiger partial charge on any atom is -0.351 e. The summed E-state index contributed by atoms with van der Waals surface area (Å²) in [6.45, 7) is 6.09. The Labute approximate surface area is 103 Å². The van der Waals surface area contributed by atoms with E-state index < -0.39 is 0 Å². The van der Waals surface area contributed by atoms with Gasteiger partial charge in [-0.15, -0.1) is 0 Å². The predicted octanol–water partition coefficient (Wildman–Crippen LogP) is 2.71. The molecule has 1 aromatic carbocycles. The van der Waals surface area contributed by atoms with Crippen LogP contribution in [0, 0.1) is 5.92 Å². The lowest BCUT2D eigenvalue weighted by Crippen LogP contribution is -2.45. The van der Waals surface area contributed by atoms with E-state index in [-0.39, 0.29) is 17.4 Å². The molecule has 0 spiro atoms. The first-order valence-corrected chi connectivity index (χ1v) is 6.34. The van der Waals surface area contributed by atoms with E-state index in [1.54, 1.807) is 0 Å². The Bertz CT molecular complexity index is 417. The van der Waals surface area contributed by atoms with Crippen molar-refractivity contribution >= 4 is 5.91 Å². The topological polar surface area (TPSA) is 29.1 Å². The van der Waals surface area contributed by atoms with Crippen LogP contribution in [0.2, 0.25) is 0 Å². The molecule has 0 saturated heterocycles. The van der Waals surface area contributed by atoms with E-state index in [4.69, 9.17) is 0 Å². The van der Waals surface area contributed by atoms with Crippen LogP contribution >= 0.6 is 0 Å². The van der Waals surface area contributed by atoms with Gasteiger partial charge in [-0.05, 0) is 51.2 Å². The number of amides is 1. The molecule has 1 aliphatic carbocycles. The Kier molecular flexibility index (Phi) is 3.23. The monoisotopic (exact) mass is 231 g/mol. The molecule has 0 radical (unpaired) electrons. The molecule has 0 aliphatic heterocycles. The number of aryl methyl sites for hydroxylation is 1. The summed E-state index contributed by atoms with van der Waals surface area (Å²) in [6.07, 6.45) is 2.88. The third-order valence-corrected chi connectivity index (χ3v) is 3.22. The Balaban J connectivity index is 2.05. The van der Waals surface area contributed by atoms with Gasteiger partial charge in [0.25, 0.3) is 0 Å². The van der Waals surface area contributed by atoms with Gasteiger partial charge in [0, 0.05) is 11.5 Å². The molecule has 0 saturated carbocycles. The molecular formula is C15H21NO. The van der Waals surface area contributed by atoms with Crippen molar-refractivity contribution in [2.45, 2.75) is 45.6 Å². The molecule has 1 unspecified atom stereocenters. The Morgan fingerprint density at radius 2 is 1.88 bits per heavy atom. The van der Waals surface area contributed by atoms with Crippen molar-refractivity contribution in [1.82, 2.24) is 5.32 Å². The van der Waals surface area contributed by atoms with Gasteiger partial charge in [0.1, 0.15) is 0 Å². The molecule has 1 aromatic rings. The van der Waals surface area contributed by atoms with E-state index in [0.717, 1.165) is 19.3 Å². The number of nitrogens with one attached hydrogen (secondary N) is 1. The maximum atomic E-state index is 12.1. The number of carbonyl (C=O) groups excluding carboxylic acids is 1. The third kappa shape index (κ3) is 3.09. The average Bonchev–Trinajstić information content (AvgIpc) is 2.26. The zero-order valence-corrected chi connectivity index (χ0v) is 10.9. The molecule has 0 aromatic heterocycles. The number of fused-ring (bicyclic) bond motifs is 1. The molecule has 1 aliphatic rings. The fourth-order valence-corrected chi connectivity index (χ4v) is 2.39. The zero-order chi connectivity index (χ0) is 12.5. The molecule has 2 rings (SSSR count). The maximum absolute atomic E-state index is 12.1. The van der Waals surface area contributed by atoms with E-state index in [0.29, 0.717) is 0 Å². The van der Waals surface area contributed by atoms with Crippen LogP contribution in [0.1, 0.15) is 38.3 Å². The molecule has 0 bridgehead atoms. The highest BCUT2D eigenvalue weighted by Crippen LogP contribution is 2.25. The Morgan fingerprint density at radius 1 is 1.24 bits per heavy atom. The summed E-state index contributed by atoms with van der Waals surface area (Å²) in [7, 11) is 0. The number of hydrogen-bond acceptors (Lipinski definition) is 1. The van der Waals surface area contributed by atoms with Crippen molar-refractivity contribution < 1.29 is 4.79 Å². The Morgan fingerprint density at radius 3 is 2.53 bits per heavy atom. The largest absolute Gasteiger partial charge is 0.351 e. The summed E-state index contributed by atoms with van der Waals surface area (Å²) in [6, 6.07) is 8.45. The number of benzene rings is 1. The fourth-order valence-electron chi connectivity index (χ4n) is 2.39. The van der Waals surface area contributed by atoms with Crippen molar-refractivity contribution in [1.29, 1.82) is 0 Å². The average molecular weight is 231 g/mol. The van der Waals surface area contributed by atoms with Crippen molar-refractivity contribution in [3.05, 3.63) is 35.4 Å². The van der Waals surface area contributed by atoms with Crippen molar-refractivity contribution in [3.63, 3.8) is 0 Å². The van der Waals surface area contributed by atoms with Crippen LogP contribution in [0.25, 0.3) is 0 Å². The van der Waals surface area contributed by atoms with Gasteiger partial charge in [-0.2, -0.15) is 0 Å². The second-order valence-electron chi connectivity index (χ2n) is 5.95. The highest BCUT2D eigenvalue weighted by Gasteiger charge is 2.26. The van der Waals surface area contributed by atoms with Gasteiger partial charge in [-0.25, -0.2) is 0 Å². The molecular weight excluding hydrogens is 210 g/mol. The summed E-state index contributed by atoms with van der Waals surface area (Å²) in [4.78, 5) is 12.1. The van der Waals surface area contributed by atoms with Gasteiger partial charge in [-0.3, -0.25) is 4.79 Å². The van der Waals surface area contributed by atoms with Gasteiger partial charge in [0.05, 0.1) is 0 Å². The third-order valence-electron chi connectivity index (χ3n) is 3.22. The zero-order valence-electron chi connectivity index (χ0n) is 10.9. The van der Waals surface area contributed by atoms with E-state index in [9.17, 15) is 4.79 Å². The molecule has 2 heteroatoms. The molecule has 1 atom stereocenters. The quantitative estimate of drug-likeness (QED) is 0.791. The molecule has 17 heavy (non-hydrogen) atoms. The Hall–Kier alpha value is -1.31. The summed E-state index contributed by atoms with van der Waals surface area (Å²) in [5, 5.41) is 3.08. The van der Waals surface area contributed by atoms with Gasteiger partial charge in [-0.1, -0.05) is 24.3 Å². The molecule has 1 N–H and O–H groups in total. The van der Waals surface area contributed by atoms with Gasteiger partial charge < -0.3 is 5.32 Å². The first kappa shape index (κ1) is 12.2. The first-order chi connectivity index (χ1) is 7.96. The van der Waals surface area contributed by atoms with Gasteiger partial charge in [0.2, 0.25) is 5.91 Å². The highest BCUT2D eigenvalue weighted by atomic mass is 16.2. The van der Waals surface area contributed by atoms with E-state index in [1.165, 1.54) is 11.1 Å². The normalized spacial score (nSPS) is 19.6. The van der Waals surface area contributed by atoms with E-state index in [1.807, 2.05) is 20.8 Å². The van der Waals surface area contributed by atoms with Crippen LogP contribution in [-0.2, 0) is 17.6 Å². The standard InChI is InChI=1S/C15H21NO/c1-15(2,3)16-14(17)13-9-8-11-6-4-5-7-12(11)10-13/h4-7,13H,8-10H2,1-3H3,(H,16,17). The minimum absolute atomic E-state index is 0.131. The second-order valence-corrected chi connectivity index (χ2v) is 5.95. The lowest BCUT2D eigenvalue weighted by atomic mass is 9.83. The highest BCUT2D eigenvalue weighted by molar-refractivity contribution is 5.80. The van der Waals surface area contributed by atoms with Crippen molar-refractivity contribution in [3.8, 4) is 0 Å².